The average Bonchev–Trinajstić information content (AvgIpc) is 2.97. The van der Waals surface area contributed by atoms with Gasteiger partial charge in [-0.25, -0.2) is 8.78 Å². The van der Waals surface area contributed by atoms with Gasteiger partial charge in [0, 0.05) is 12.5 Å². The van der Waals surface area contributed by atoms with Crippen LogP contribution in [0, 0.1) is 0 Å². The summed E-state index contributed by atoms with van der Waals surface area (Å²) in [6.07, 6.45) is 1.42. The van der Waals surface area contributed by atoms with Crippen LogP contribution < -0.4 is 5.73 Å². The Balaban J connectivity index is 2.31. The number of primary amides is 1. The van der Waals surface area contributed by atoms with Gasteiger partial charge in [-0.2, -0.15) is 0 Å². The van der Waals surface area contributed by atoms with Crippen molar-refractivity contribution in [2.75, 3.05) is 0 Å². The Hall–Kier alpha value is -1.45. The van der Waals surface area contributed by atoms with Crippen LogP contribution in [0.15, 0.2) is 24.3 Å². The first kappa shape index (κ1) is 11.0. The zero-order valence-corrected chi connectivity index (χ0v) is 8.97. The number of rotatable bonds is 3. The molecule has 16 heavy (non-hydrogen) atoms. The Morgan fingerprint density at radius 3 is 2.12 bits per heavy atom. The number of carbonyl (C=O) groups excluding carboxylic acids is 1. The fourth-order valence-electron chi connectivity index (χ4n) is 1.88. The van der Waals surface area contributed by atoms with Crippen molar-refractivity contribution in [1.29, 1.82) is 0 Å². The summed E-state index contributed by atoms with van der Waals surface area (Å²) in [7, 11) is 0. The van der Waals surface area contributed by atoms with Gasteiger partial charge in [-0.15, -0.1) is 0 Å². The minimum Gasteiger partial charge on any atom is -0.369 e. The highest BCUT2D eigenvalue weighted by molar-refractivity contribution is 5.89. The SMILES string of the molecule is CC(F)(F)c1ccc(C2(C(N)=O)CC2)cc1. The second-order valence-electron chi connectivity index (χ2n) is 4.41. The lowest BCUT2D eigenvalue weighted by Crippen LogP contribution is -2.28. The maximum atomic E-state index is 13.0. The molecule has 0 aromatic heterocycles. The minimum absolute atomic E-state index is 0.0449. The predicted molar refractivity (Wildman–Crippen MR) is 56.1 cm³/mol. The lowest BCUT2D eigenvalue weighted by atomic mass is 9.93. The Morgan fingerprint density at radius 1 is 1.31 bits per heavy atom. The summed E-state index contributed by atoms with van der Waals surface area (Å²) in [6, 6.07) is 5.87. The van der Waals surface area contributed by atoms with Gasteiger partial charge < -0.3 is 5.73 Å². The van der Waals surface area contributed by atoms with Crippen molar-refractivity contribution in [2.24, 2.45) is 5.73 Å². The van der Waals surface area contributed by atoms with E-state index in [2.05, 4.69) is 0 Å². The summed E-state index contributed by atoms with van der Waals surface area (Å²) in [5, 5.41) is 0. The number of hydrogen-bond acceptors (Lipinski definition) is 1. The highest BCUT2D eigenvalue weighted by Gasteiger charge is 2.49. The Bertz CT molecular complexity index is 416. The molecular weight excluding hydrogens is 212 g/mol. The third kappa shape index (κ3) is 1.68. The third-order valence-corrected chi connectivity index (χ3v) is 3.17. The van der Waals surface area contributed by atoms with Crippen LogP contribution in [-0.4, -0.2) is 5.91 Å². The highest BCUT2D eigenvalue weighted by Crippen LogP contribution is 2.48. The highest BCUT2D eigenvalue weighted by atomic mass is 19.3. The molecule has 86 valence electrons. The van der Waals surface area contributed by atoms with Gasteiger partial charge >= 0.3 is 0 Å². The molecule has 0 bridgehead atoms. The van der Waals surface area contributed by atoms with Gasteiger partial charge in [-0.1, -0.05) is 24.3 Å². The fraction of sp³-hybridized carbons (Fsp3) is 0.417. The number of benzene rings is 1. The van der Waals surface area contributed by atoms with E-state index in [0.29, 0.717) is 12.8 Å². The molecule has 1 aromatic rings. The molecular formula is C12H13F2NO. The second-order valence-corrected chi connectivity index (χ2v) is 4.41. The van der Waals surface area contributed by atoms with E-state index in [1.807, 2.05) is 0 Å². The number of carbonyl (C=O) groups is 1. The van der Waals surface area contributed by atoms with E-state index in [9.17, 15) is 13.6 Å². The molecule has 1 aliphatic rings. The normalized spacial score (nSPS) is 18.2. The van der Waals surface area contributed by atoms with Crippen molar-refractivity contribution < 1.29 is 13.6 Å². The van der Waals surface area contributed by atoms with Crippen molar-refractivity contribution in [3.63, 3.8) is 0 Å². The first-order chi connectivity index (χ1) is 7.36. The van der Waals surface area contributed by atoms with Crippen molar-refractivity contribution in [3.05, 3.63) is 35.4 Å². The monoisotopic (exact) mass is 225 g/mol. The minimum atomic E-state index is -2.85. The first-order valence-electron chi connectivity index (χ1n) is 5.15. The van der Waals surface area contributed by atoms with E-state index in [1.165, 1.54) is 12.1 Å². The molecule has 0 aliphatic heterocycles. The van der Waals surface area contributed by atoms with Crippen LogP contribution in [0.3, 0.4) is 0 Å². The summed E-state index contributed by atoms with van der Waals surface area (Å²) < 4.78 is 25.9. The maximum Gasteiger partial charge on any atom is 0.270 e. The van der Waals surface area contributed by atoms with Gasteiger partial charge in [0.05, 0.1) is 5.41 Å². The topological polar surface area (TPSA) is 43.1 Å². The molecule has 1 aliphatic carbocycles. The van der Waals surface area contributed by atoms with Crippen LogP contribution in [0.5, 0.6) is 0 Å². The summed E-state index contributed by atoms with van der Waals surface area (Å²) in [5.74, 6) is -3.22. The molecule has 2 N–H and O–H groups in total. The van der Waals surface area contributed by atoms with Crippen LogP contribution in [0.1, 0.15) is 30.9 Å². The van der Waals surface area contributed by atoms with Gasteiger partial charge in [-0.3, -0.25) is 4.79 Å². The van der Waals surface area contributed by atoms with E-state index in [1.54, 1.807) is 12.1 Å². The summed E-state index contributed by atoms with van der Waals surface area (Å²) in [4.78, 5) is 11.2. The van der Waals surface area contributed by atoms with Crippen molar-refractivity contribution in [3.8, 4) is 0 Å². The van der Waals surface area contributed by atoms with Gasteiger partial charge in [0.25, 0.3) is 5.92 Å². The van der Waals surface area contributed by atoms with E-state index in [4.69, 9.17) is 5.73 Å². The first-order valence-corrected chi connectivity index (χ1v) is 5.15. The molecule has 0 heterocycles. The predicted octanol–water partition coefficient (Wildman–Crippen LogP) is 2.32. The van der Waals surface area contributed by atoms with E-state index in [-0.39, 0.29) is 11.5 Å². The van der Waals surface area contributed by atoms with Gasteiger partial charge in [0.2, 0.25) is 5.91 Å². The Kier molecular flexibility index (Phi) is 2.26. The largest absolute Gasteiger partial charge is 0.369 e. The number of alkyl halides is 2. The zero-order valence-electron chi connectivity index (χ0n) is 8.97. The number of hydrogen-bond donors (Lipinski definition) is 1. The Morgan fingerprint density at radius 2 is 1.81 bits per heavy atom. The molecule has 0 saturated heterocycles. The zero-order chi connectivity index (χ0) is 12.0. The van der Waals surface area contributed by atoms with Crippen LogP contribution in [0.4, 0.5) is 8.78 Å². The van der Waals surface area contributed by atoms with Crippen LogP contribution in [-0.2, 0) is 16.1 Å². The molecule has 0 unspecified atom stereocenters. The van der Waals surface area contributed by atoms with Crippen molar-refractivity contribution in [2.45, 2.75) is 31.1 Å². The smallest absolute Gasteiger partial charge is 0.270 e. The number of halogens is 2. The molecule has 2 rings (SSSR count). The molecule has 1 aromatic carbocycles. The summed E-state index contributed by atoms with van der Waals surface area (Å²) >= 11 is 0. The number of amides is 1. The van der Waals surface area contributed by atoms with Gasteiger partial charge in [0.1, 0.15) is 0 Å². The average molecular weight is 225 g/mol. The maximum absolute atomic E-state index is 13.0. The van der Waals surface area contributed by atoms with Gasteiger partial charge in [-0.05, 0) is 18.4 Å². The molecule has 4 heteroatoms. The molecule has 1 saturated carbocycles. The van der Waals surface area contributed by atoms with E-state index in [0.717, 1.165) is 12.5 Å². The fourth-order valence-corrected chi connectivity index (χ4v) is 1.88. The standard InChI is InChI=1S/C12H13F2NO/c1-11(13,14)8-2-4-9(5-3-8)12(6-7-12)10(15)16/h2-5H,6-7H2,1H3,(H2,15,16). The van der Waals surface area contributed by atoms with E-state index >= 15 is 0 Å². The van der Waals surface area contributed by atoms with Crippen LogP contribution in [0.25, 0.3) is 0 Å². The molecule has 1 amide bonds. The second kappa shape index (κ2) is 3.27. The molecule has 0 atom stereocenters. The lowest BCUT2D eigenvalue weighted by Gasteiger charge is -2.14. The third-order valence-electron chi connectivity index (χ3n) is 3.17. The van der Waals surface area contributed by atoms with Crippen molar-refractivity contribution >= 4 is 5.91 Å². The Labute approximate surface area is 92.4 Å². The molecule has 2 nitrogen and oxygen atoms in total. The van der Waals surface area contributed by atoms with E-state index < -0.39 is 11.3 Å². The molecule has 0 spiro atoms. The van der Waals surface area contributed by atoms with Gasteiger partial charge in [0.15, 0.2) is 0 Å². The number of nitrogens with two attached hydrogens (primary N) is 1. The van der Waals surface area contributed by atoms with Crippen LogP contribution >= 0.6 is 0 Å². The molecule has 0 radical (unpaired) electrons. The lowest BCUT2D eigenvalue weighted by molar-refractivity contribution is -0.120. The summed E-state index contributed by atoms with van der Waals surface area (Å²) in [6.45, 7) is 0.850. The molecule has 1 fully saturated rings. The van der Waals surface area contributed by atoms with Crippen molar-refractivity contribution in [1.82, 2.24) is 0 Å². The quantitative estimate of drug-likeness (QED) is 0.842. The van der Waals surface area contributed by atoms with Crippen LogP contribution in [0.2, 0.25) is 0 Å². The summed E-state index contributed by atoms with van der Waals surface area (Å²) in [5.41, 5.74) is 5.40.